The summed E-state index contributed by atoms with van der Waals surface area (Å²) in [7, 11) is 0. The molecular formula is C13H14N4O. The van der Waals surface area contributed by atoms with Crippen LogP contribution in [-0.2, 0) is 13.0 Å². The van der Waals surface area contributed by atoms with Crippen molar-refractivity contribution in [2.24, 2.45) is 0 Å². The predicted octanol–water partition coefficient (Wildman–Crippen LogP) is 1.22. The first-order valence-corrected chi connectivity index (χ1v) is 6.07. The van der Waals surface area contributed by atoms with Crippen molar-refractivity contribution in [1.82, 2.24) is 14.5 Å². The van der Waals surface area contributed by atoms with Crippen LogP contribution < -0.4 is 11.3 Å². The number of anilines is 1. The molecule has 5 nitrogen and oxygen atoms in total. The highest BCUT2D eigenvalue weighted by molar-refractivity contribution is 5.71. The number of aromatic nitrogens is 3. The second-order valence-electron chi connectivity index (χ2n) is 4.44. The first kappa shape index (κ1) is 11.0. The Bertz CT molecular complexity index is 633. The third-order valence-corrected chi connectivity index (χ3v) is 3.27. The molecule has 2 N–H and O–H groups in total. The van der Waals surface area contributed by atoms with Crippen molar-refractivity contribution in [2.45, 2.75) is 25.8 Å². The molecule has 0 amide bonds. The summed E-state index contributed by atoms with van der Waals surface area (Å²) in [6.45, 7) is 0.724. The van der Waals surface area contributed by atoms with Crippen molar-refractivity contribution >= 4 is 5.69 Å². The molecule has 0 atom stereocenters. The Labute approximate surface area is 104 Å². The van der Waals surface area contributed by atoms with Gasteiger partial charge in [0.05, 0.1) is 0 Å². The van der Waals surface area contributed by atoms with Gasteiger partial charge in [0.25, 0.3) is 5.56 Å². The summed E-state index contributed by atoms with van der Waals surface area (Å²) in [5.41, 5.74) is 7.45. The van der Waals surface area contributed by atoms with Crippen LogP contribution in [0.1, 0.15) is 18.7 Å². The first-order valence-electron chi connectivity index (χ1n) is 6.07. The molecule has 0 radical (unpaired) electrons. The molecule has 0 bridgehead atoms. The van der Waals surface area contributed by atoms with Crippen LogP contribution in [0.3, 0.4) is 0 Å². The highest BCUT2D eigenvalue weighted by atomic mass is 16.1. The van der Waals surface area contributed by atoms with Gasteiger partial charge in [-0.05, 0) is 25.0 Å². The van der Waals surface area contributed by atoms with E-state index in [-0.39, 0.29) is 11.2 Å². The Kier molecular flexibility index (Phi) is 2.59. The van der Waals surface area contributed by atoms with E-state index in [9.17, 15) is 4.79 Å². The summed E-state index contributed by atoms with van der Waals surface area (Å²) in [4.78, 5) is 20.7. The summed E-state index contributed by atoms with van der Waals surface area (Å²) >= 11 is 0. The Morgan fingerprint density at radius 1 is 1.22 bits per heavy atom. The number of pyridine rings is 1. The van der Waals surface area contributed by atoms with E-state index < -0.39 is 0 Å². The normalized spacial score (nSPS) is 14.2. The Balaban J connectivity index is 2.23. The maximum atomic E-state index is 12.2. The molecule has 2 aromatic heterocycles. The van der Waals surface area contributed by atoms with Crippen molar-refractivity contribution in [3.05, 3.63) is 40.7 Å². The zero-order valence-corrected chi connectivity index (χ0v) is 9.97. The molecule has 0 aromatic carbocycles. The number of rotatable bonds is 1. The van der Waals surface area contributed by atoms with Gasteiger partial charge in [-0.2, -0.15) is 0 Å². The number of nitrogens with two attached hydrogens (primary N) is 1. The van der Waals surface area contributed by atoms with Gasteiger partial charge in [-0.1, -0.05) is 0 Å². The number of fused-ring (bicyclic) bond motifs is 1. The van der Waals surface area contributed by atoms with Crippen LogP contribution in [0, 0.1) is 0 Å². The third kappa shape index (κ3) is 1.68. The van der Waals surface area contributed by atoms with Gasteiger partial charge in [0, 0.05) is 30.9 Å². The summed E-state index contributed by atoms with van der Waals surface area (Å²) < 4.78 is 1.70. The van der Waals surface area contributed by atoms with Crippen molar-refractivity contribution in [1.29, 1.82) is 0 Å². The molecule has 3 heterocycles. The lowest BCUT2D eigenvalue weighted by Gasteiger charge is -2.19. The van der Waals surface area contributed by atoms with E-state index >= 15 is 0 Å². The van der Waals surface area contributed by atoms with Gasteiger partial charge in [0.2, 0.25) is 0 Å². The maximum absolute atomic E-state index is 12.2. The number of hydrogen-bond donors (Lipinski definition) is 1. The topological polar surface area (TPSA) is 73.8 Å². The molecule has 0 unspecified atom stereocenters. The fraction of sp³-hybridized carbons (Fsp3) is 0.308. The zero-order chi connectivity index (χ0) is 12.5. The molecule has 0 spiro atoms. The van der Waals surface area contributed by atoms with E-state index in [0.717, 1.165) is 37.2 Å². The van der Waals surface area contributed by atoms with Gasteiger partial charge in [-0.15, -0.1) is 0 Å². The number of hydrogen-bond acceptors (Lipinski definition) is 4. The van der Waals surface area contributed by atoms with Crippen LogP contribution in [0.25, 0.3) is 11.3 Å². The van der Waals surface area contributed by atoms with E-state index in [0.29, 0.717) is 5.69 Å². The van der Waals surface area contributed by atoms with Crippen molar-refractivity contribution in [2.75, 3.05) is 5.73 Å². The minimum atomic E-state index is -0.119. The molecular weight excluding hydrogens is 228 g/mol. The fourth-order valence-electron chi connectivity index (χ4n) is 2.32. The predicted molar refractivity (Wildman–Crippen MR) is 69.1 cm³/mol. The number of aryl methyl sites for hydroxylation is 1. The highest BCUT2D eigenvalue weighted by Gasteiger charge is 2.17. The zero-order valence-electron chi connectivity index (χ0n) is 9.97. The summed E-state index contributed by atoms with van der Waals surface area (Å²) in [6, 6.07) is 3.63. The minimum Gasteiger partial charge on any atom is -0.392 e. The number of nitrogen functional groups attached to an aromatic ring is 1. The minimum absolute atomic E-state index is 0.119. The Morgan fingerprint density at radius 2 is 2.00 bits per heavy atom. The quantitative estimate of drug-likeness (QED) is 0.816. The summed E-state index contributed by atoms with van der Waals surface area (Å²) in [6.07, 6.45) is 6.28. The first-order chi connectivity index (χ1) is 8.77. The van der Waals surface area contributed by atoms with E-state index in [2.05, 4.69) is 9.97 Å². The average Bonchev–Trinajstić information content (AvgIpc) is 2.44. The second kappa shape index (κ2) is 4.25. The van der Waals surface area contributed by atoms with E-state index in [1.54, 1.807) is 17.0 Å². The van der Waals surface area contributed by atoms with Crippen LogP contribution in [0.2, 0.25) is 0 Å². The van der Waals surface area contributed by atoms with Crippen LogP contribution in [-0.4, -0.2) is 14.5 Å². The van der Waals surface area contributed by atoms with Gasteiger partial charge in [0.1, 0.15) is 17.2 Å². The Hall–Kier alpha value is -2.17. The van der Waals surface area contributed by atoms with Crippen LogP contribution >= 0.6 is 0 Å². The summed E-state index contributed by atoms with van der Waals surface area (Å²) in [5, 5.41) is 0. The lowest BCUT2D eigenvalue weighted by atomic mass is 10.1. The number of nitrogens with zero attached hydrogens (tertiary/aromatic N) is 3. The van der Waals surface area contributed by atoms with Crippen LogP contribution in [0.5, 0.6) is 0 Å². The SMILES string of the molecule is Nc1c(-c2ccncc2)nc2n(c1=O)CCCC2. The van der Waals surface area contributed by atoms with Gasteiger partial charge in [-0.3, -0.25) is 14.3 Å². The summed E-state index contributed by atoms with van der Waals surface area (Å²) in [5.74, 6) is 0.840. The van der Waals surface area contributed by atoms with E-state index in [4.69, 9.17) is 5.73 Å². The standard InChI is InChI=1S/C13H14N4O/c14-11-12(9-4-6-15-7-5-9)16-10-3-1-2-8-17(10)13(11)18/h4-7H,1-3,8,14H2. The molecule has 18 heavy (non-hydrogen) atoms. The molecule has 0 saturated carbocycles. The average molecular weight is 242 g/mol. The fourth-order valence-corrected chi connectivity index (χ4v) is 2.32. The molecule has 0 fully saturated rings. The van der Waals surface area contributed by atoms with Crippen molar-refractivity contribution in [3.63, 3.8) is 0 Å². The lowest BCUT2D eigenvalue weighted by Crippen LogP contribution is -2.30. The lowest BCUT2D eigenvalue weighted by molar-refractivity contribution is 0.498. The molecule has 5 heteroatoms. The van der Waals surface area contributed by atoms with Gasteiger partial charge in [-0.25, -0.2) is 4.98 Å². The Morgan fingerprint density at radius 3 is 2.78 bits per heavy atom. The van der Waals surface area contributed by atoms with Crippen LogP contribution in [0.4, 0.5) is 5.69 Å². The molecule has 92 valence electrons. The van der Waals surface area contributed by atoms with Crippen molar-refractivity contribution < 1.29 is 0 Å². The highest BCUT2D eigenvalue weighted by Crippen LogP contribution is 2.22. The second-order valence-corrected chi connectivity index (χ2v) is 4.44. The van der Waals surface area contributed by atoms with Gasteiger partial charge >= 0.3 is 0 Å². The van der Waals surface area contributed by atoms with Crippen LogP contribution in [0.15, 0.2) is 29.3 Å². The molecule has 2 aromatic rings. The molecule has 1 aliphatic rings. The van der Waals surface area contributed by atoms with Gasteiger partial charge < -0.3 is 5.73 Å². The molecule has 0 aliphatic carbocycles. The van der Waals surface area contributed by atoms with E-state index in [1.165, 1.54) is 0 Å². The van der Waals surface area contributed by atoms with Gasteiger partial charge in [0.15, 0.2) is 0 Å². The molecule has 3 rings (SSSR count). The maximum Gasteiger partial charge on any atom is 0.277 e. The van der Waals surface area contributed by atoms with Crippen molar-refractivity contribution in [3.8, 4) is 11.3 Å². The third-order valence-electron chi connectivity index (χ3n) is 3.27. The largest absolute Gasteiger partial charge is 0.392 e. The molecule has 1 aliphatic heterocycles. The van der Waals surface area contributed by atoms with E-state index in [1.807, 2.05) is 12.1 Å². The molecule has 0 saturated heterocycles. The monoisotopic (exact) mass is 242 g/mol. The smallest absolute Gasteiger partial charge is 0.277 e.